The van der Waals surface area contributed by atoms with Crippen LogP contribution in [0.2, 0.25) is 0 Å². The number of amides is 2. The Kier molecular flexibility index (Phi) is 5.16. The fraction of sp³-hybridized carbons (Fsp3) is 0.500. The van der Waals surface area contributed by atoms with Crippen LogP contribution in [0.3, 0.4) is 0 Å². The van der Waals surface area contributed by atoms with Crippen molar-refractivity contribution in [3.05, 3.63) is 30.3 Å². The number of carbonyl (C=O) groups is 2. The van der Waals surface area contributed by atoms with Crippen LogP contribution >= 0.6 is 0 Å². The molecule has 1 aliphatic heterocycles. The van der Waals surface area contributed by atoms with Crippen LogP contribution in [0.25, 0.3) is 0 Å². The van der Waals surface area contributed by atoms with Crippen LogP contribution in [0.4, 0.5) is 10.5 Å². The van der Waals surface area contributed by atoms with Crippen LogP contribution in [-0.2, 0) is 4.79 Å². The van der Waals surface area contributed by atoms with Gasteiger partial charge in [-0.3, -0.25) is 4.79 Å². The Morgan fingerprint density at radius 2 is 1.95 bits per heavy atom. The van der Waals surface area contributed by atoms with Gasteiger partial charge in [-0.05, 0) is 31.9 Å². The molecule has 4 nitrogen and oxygen atoms in total. The third-order valence-corrected chi connectivity index (χ3v) is 3.69. The van der Waals surface area contributed by atoms with Crippen molar-refractivity contribution >= 4 is 17.5 Å². The fourth-order valence-corrected chi connectivity index (χ4v) is 2.71. The average molecular weight is 274 g/mol. The number of hydrogen-bond donors (Lipinski definition) is 1. The summed E-state index contributed by atoms with van der Waals surface area (Å²) in [5.74, 6) is 0.148. The maximum Gasteiger partial charge on any atom is 0.322 e. The van der Waals surface area contributed by atoms with Gasteiger partial charge in [0, 0.05) is 24.7 Å². The van der Waals surface area contributed by atoms with Crippen molar-refractivity contribution in [3.8, 4) is 0 Å². The lowest BCUT2D eigenvalue weighted by Crippen LogP contribution is -2.43. The summed E-state index contributed by atoms with van der Waals surface area (Å²) in [7, 11) is 0. The zero-order chi connectivity index (χ0) is 14.4. The second-order valence-electron chi connectivity index (χ2n) is 5.40. The van der Waals surface area contributed by atoms with E-state index in [4.69, 9.17) is 0 Å². The van der Waals surface area contributed by atoms with Crippen molar-refractivity contribution in [3.63, 3.8) is 0 Å². The molecule has 0 bridgehead atoms. The molecule has 1 atom stereocenters. The Morgan fingerprint density at radius 3 is 2.65 bits per heavy atom. The van der Waals surface area contributed by atoms with Crippen molar-refractivity contribution < 1.29 is 9.59 Å². The molecule has 20 heavy (non-hydrogen) atoms. The first kappa shape index (κ1) is 14.6. The first-order valence-electron chi connectivity index (χ1n) is 7.29. The molecule has 1 heterocycles. The molecule has 1 saturated heterocycles. The number of ketones is 1. The molecule has 1 fully saturated rings. The molecule has 0 aliphatic carbocycles. The molecule has 1 N–H and O–H groups in total. The number of nitrogens with one attached hydrogen (secondary N) is 1. The van der Waals surface area contributed by atoms with Crippen molar-refractivity contribution in [2.24, 2.45) is 0 Å². The van der Waals surface area contributed by atoms with Gasteiger partial charge >= 0.3 is 6.03 Å². The molecular formula is C16H22N2O2. The van der Waals surface area contributed by atoms with Gasteiger partial charge in [-0.25, -0.2) is 4.79 Å². The van der Waals surface area contributed by atoms with Gasteiger partial charge in [-0.1, -0.05) is 31.0 Å². The number of carbonyl (C=O) groups excluding carboxylic acids is 2. The second kappa shape index (κ2) is 7.08. The topological polar surface area (TPSA) is 49.4 Å². The van der Waals surface area contributed by atoms with Crippen molar-refractivity contribution in [1.82, 2.24) is 4.90 Å². The van der Waals surface area contributed by atoms with E-state index in [2.05, 4.69) is 5.32 Å². The van der Waals surface area contributed by atoms with E-state index in [9.17, 15) is 9.59 Å². The molecule has 1 aromatic rings. The average Bonchev–Trinajstić information content (AvgIpc) is 2.64. The van der Waals surface area contributed by atoms with Gasteiger partial charge in [0.2, 0.25) is 0 Å². The number of para-hydroxylation sites is 1. The molecular weight excluding hydrogens is 252 g/mol. The number of rotatable bonds is 3. The summed E-state index contributed by atoms with van der Waals surface area (Å²) in [5, 5.41) is 2.92. The molecule has 1 aliphatic rings. The maximum atomic E-state index is 12.4. The Morgan fingerprint density at radius 1 is 1.20 bits per heavy atom. The minimum absolute atomic E-state index is 0.0405. The molecule has 108 valence electrons. The Labute approximate surface area is 120 Å². The van der Waals surface area contributed by atoms with E-state index in [1.807, 2.05) is 35.2 Å². The SMILES string of the molecule is CC(=O)CC1CCCCCN1C(=O)Nc1ccccc1. The minimum Gasteiger partial charge on any atom is -0.321 e. The zero-order valence-electron chi connectivity index (χ0n) is 12.0. The summed E-state index contributed by atoms with van der Waals surface area (Å²) in [5.41, 5.74) is 0.795. The number of Topliss-reactive ketones (excluding diaryl/α,β-unsaturated/α-hetero) is 1. The summed E-state index contributed by atoms with van der Waals surface area (Å²) in [6, 6.07) is 9.39. The largest absolute Gasteiger partial charge is 0.322 e. The van der Waals surface area contributed by atoms with E-state index in [0.717, 1.165) is 37.9 Å². The van der Waals surface area contributed by atoms with Crippen LogP contribution < -0.4 is 5.32 Å². The highest BCUT2D eigenvalue weighted by Gasteiger charge is 2.26. The smallest absolute Gasteiger partial charge is 0.321 e. The Balaban J connectivity index is 2.05. The van der Waals surface area contributed by atoms with Crippen LogP contribution in [0.15, 0.2) is 30.3 Å². The zero-order valence-corrected chi connectivity index (χ0v) is 12.0. The quantitative estimate of drug-likeness (QED) is 0.917. The highest BCUT2D eigenvalue weighted by molar-refractivity contribution is 5.90. The lowest BCUT2D eigenvalue weighted by Gasteiger charge is -2.29. The van der Waals surface area contributed by atoms with Gasteiger partial charge < -0.3 is 10.2 Å². The Bertz CT molecular complexity index is 459. The molecule has 0 aromatic heterocycles. The standard InChI is InChI=1S/C16H22N2O2/c1-13(19)12-15-10-6-3-7-11-18(15)16(20)17-14-8-4-2-5-9-14/h2,4-5,8-9,15H,3,6-7,10-12H2,1H3,(H,17,20). The minimum atomic E-state index is -0.0932. The molecule has 1 aromatic carbocycles. The lowest BCUT2D eigenvalue weighted by atomic mass is 10.0. The summed E-state index contributed by atoms with van der Waals surface area (Å²) < 4.78 is 0. The highest BCUT2D eigenvalue weighted by Crippen LogP contribution is 2.21. The third kappa shape index (κ3) is 4.08. The third-order valence-electron chi connectivity index (χ3n) is 3.69. The predicted octanol–water partition coefficient (Wildman–Crippen LogP) is 3.44. The molecule has 0 radical (unpaired) electrons. The number of nitrogens with zero attached hydrogens (tertiary/aromatic N) is 1. The maximum absolute atomic E-state index is 12.4. The van der Waals surface area contributed by atoms with E-state index in [-0.39, 0.29) is 17.9 Å². The number of likely N-dealkylation sites (tertiary alicyclic amines) is 1. The van der Waals surface area contributed by atoms with Gasteiger partial charge in [0.05, 0.1) is 0 Å². The number of anilines is 1. The number of benzene rings is 1. The van der Waals surface area contributed by atoms with Crippen molar-refractivity contribution in [2.75, 3.05) is 11.9 Å². The molecule has 2 amide bonds. The van der Waals surface area contributed by atoms with Gasteiger partial charge in [0.25, 0.3) is 0 Å². The summed E-state index contributed by atoms with van der Waals surface area (Å²) in [6.07, 6.45) is 4.61. The van der Waals surface area contributed by atoms with Gasteiger partial charge in [0.15, 0.2) is 0 Å². The lowest BCUT2D eigenvalue weighted by molar-refractivity contribution is -0.117. The van der Waals surface area contributed by atoms with Crippen LogP contribution in [0.1, 0.15) is 39.0 Å². The van der Waals surface area contributed by atoms with Gasteiger partial charge in [0.1, 0.15) is 5.78 Å². The fourth-order valence-electron chi connectivity index (χ4n) is 2.71. The van der Waals surface area contributed by atoms with Crippen molar-refractivity contribution in [1.29, 1.82) is 0 Å². The van der Waals surface area contributed by atoms with Crippen LogP contribution in [-0.4, -0.2) is 29.3 Å². The van der Waals surface area contributed by atoms with E-state index < -0.39 is 0 Å². The second-order valence-corrected chi connectivity index (χ2v) is 5.40. The predicted molar refractivity (Wildman–Crippen MR) is 79.7 cm³/mol. The summed E-state index contributed by atoms with van der Waals surface area (Å²) in [4.78, 5) is 25.6. The van der Waals surface area contributed by atoms with E-state index >= 15 is 0 Å². The molecule has 1 unspecified atom stereocenters. The van der Waals surface area contributed by atoms with E-state index in [1.165, 1.54) is 0 Å². The van der Waals surface area contributed by atoms with Gasteiger partial charge in [-0.2, -0.15) is 0 Å². The molecule has 4 heteroatoms. The van der Waals surface area contributed by atoms with E-state index in [0.29, 0.717) is 6.42 Å². The first-order valence-corrected chi connectivity index (χ1v) is 7.29. The van der Waals surface area contributed by atoms with Crippen LogP contribution in [0.5, 0.6) is 0 Å². The normalized spacial score (nSPS) is 19.2. The van der Waals surface area contributed by atoms with E-state index in [1.54, 1.807) is 6.92 Å². The monoisotopic (exact) mass is 274 g/mol. The number of hydrogen-bond acceptors (Lipinski definition) is 2. The molecule has 2 rings (SSSR count). The molecule has 0 spiro atoms. The highest BCUT2D eigenvalue weighted by atomic mass is 16.2. The summed E-state index contributed by atoms with van der Waals surface area (Å²) >= 11 is 0. The van der Waals surface area contributed by atoms with Crippen molar-refractivity contribution in [2.45, 2.75) is 45.1 Å². The Hall–Kier alpha value is -1.84. The summed E-state index contributed by atoms with van der Waals surface area (Å²) in [6.45, 7) is 2.33. The number of urea groups is 1. The van der Waals surface area contributed by atoms with Gasteiger partial charge in [-0.15, -0.1) is 0 Å². The first-order chi connectivity index (χ1) is 9.66. The molecule has 0 saturated carbocycles. The van der Waals surface area contributed by atoms with Crippen LogP contribution in [0, 0.1) is 0 Å².